The molecule has 0 amide bonds. The van der Waals surface area contributed by atoms with Crippen LogP contribution in [0, 0.1) is 11.7 Å². The van der Waals surface area contributed by atoms with E-state index >= 15 is 0 Å². The number of imidazole rings is 1. The largest absolute Gasteiger partial charge is 0.325 e. The van der Waals surface area contributed by atoms with Gasteiger partial charge in [0.15, 0.2) is 0 Å². The third-order valence-electron chi connectivity index (χ3n) is 4.11. The fourth-order valence-corrected chi connectivity index (χ4v) is 3.19. The number of piperidine rings is 1. The summed E-state index contributed by atoms with van der Waals surface area (Å²) in [6.45, 7) is 6.46. The van der Waals surface area contributed by atoms with E-state index in [4.69, 9.17) is 4.98 Å². The smallest absolute Gasteiger partial charge is 0.125 e. The molecule has 108 valence electrons. The summed E-state index contributed by atoms with van der Waals surface area (Å²) < 4.78 is 15.7. The molecular weight excluding hydrogens is 253 g/mol. The molecule has 0 bridgehead atoms. The summed E-state index contributed by atoms with van der Waals surface area (Å²) in [7, 11) is 0. The van der Waals surface area contributed by atoms with Crippen LogP contribution in [-0.2, 0) is 6.42 Å². The first kappa shape index (κ1) is 13.6. The number of benzene rings is 1. The predicted octanol–water partition coefficient (Wildman–Crippen LogP) is 3.30. The van der Waals surface area contributed by atoms with Crippen LogP contribution in [0.5, 0.6) is 0 Å². The molecule has 3 rings (SSSR count). The number of rotatable bonds is 3. The van der Waals surface area contributed by atoms with Crippen molar-refractivity contribution < 1.29 is 4.39 Å². The van der Waals surface area contributed by atoms with Crippen LogP contribution in [0.25, 0.3) is 11.0 Å². The Morgan fingerprint density at radius 2 is 2.30 bits per heavy atom. The number of hydrogen-bond acceptors (Lipinski definition) is 2. The molecule has 1 aliphatic heterocycles. The molecule has 1 atom stereocenters. The SMILES string of the molecule is CC(C)n1c(CC2CCCNC2)nc2ccc(F)cc21. The summed E-state index contributed by atoms with van der Waals surface area (Å²) >= 11 is 0. The zero-order valence-electron chi connectivity index (χ0n) is 12.2. The number of nitrogens with zero attached hydrogens (tertiary/aromatic N) is 2. The van der Waals surface area contributed by atoms with E-state index in [0.29, 0.717) is 12.0 Å². The van der Waals surface area contributed by atoms with Crippen LogP contribution in [0.15, 0.2) is 18.2 Å². The second-order valence-electron chi connectivity index (χ2n) is 6.04. The van der Waals surface area contributed by atoms with Gasteiger partial charge in [-0.1, -0.05) is 0 Å². The second-order valence-corrected chi connectivity index (χ2v) is 6.04. The first-order valence-electron chi connectivity index (χ1n) is 7.52. The topological polar surface area (TPSA) is 29.9 Å². The molecule has 1 N–H and O–H groups in total. The lowest BCUT2D eigenvalue weighted by Crippen LogP contribution is -2.31. The molecule has 4 heteroatoms. The lowest BCUT2D eigenvalue weighted by molar-refractivity contribution is 0.364. The molecule has 1 fully saturated rings. The van der Waals surface area contributed by atoms with Gasteiger partial charge in [-0.15, -0.1) is 0 Å². The van der Waals surface area contributed by atoms with Crippen molar-refractivity contribution in [3.8, 4) is 0 Å². The van der Waals surface area contributed by atoms with Gasteiger partial charge in [0.1, 0.15) is 11.6 Å². The first-order valence-corrected chi connectivity index (χ1v) is 7.52. The van der Waals surface area contributed by atoms with Crippen molar-refractivity contribution in [1.29, 1.82) is 0 Å². The van der Waals surface area contributed by atoms with Gasteiger partial charge in [-0.25, -0.2) is 9.37 Å². The van der Waals surface area contributed by atoms with E-state index in [1.165, 1.54) is 18.9 Å². The normalized spacial score (nSPS) is 19.9. The summed E-state index contributed by atoms with van der Waals surface area (Å²) in [5.74, 6) is 1.54. The van der Waals surface area contributed by atoms with Crippen LogP contribution >= 0.6 is 0 Å². The van der Waals surface area contributed by atoms with Crippen molar-refractivity contribution in [2.45, 2.75) is 39.2 Å². The number of hydrogen-bond donors (Lipinski definition) is 1. The number of aromatic nitrogens is 2. The Bertz CT molecular complexity index is 597. The van der Waals surface area contributed by atoms with Crippen molar-refractivity contribution in [3.63, 3.8) is 0 Å². The Morgan fingerprint density at radius 3 is 3.00 bits per heavy atom. The van der Waals surface area contributed by atoms with Gasteiger partial charge >= 0.3 is 0 Å². The summed E-state index contributed by atoms with van der Waals surface area (Å²) in [6.07, 6.45) is 3.46. The summed E-state index contributed by atoms with van der Waals surface area (Å²) in [6, 6.07) is 5.18. The molecule has 1 aliphatic rings. The monoisotopic (exact) mass is 275 g/mol. The Morgan fingerprint density at radius 1 is 1.45 bits per heavy atom. The Balaban J connectivity index is 1.98. The van der Waals surface area contributed by atoms with E-state index in [1.54, 1.807) is 12.1 Å². The average Bonchev–Trinajstić information content (AvgIpc) is 2.77. The predicted molar refractivity (Wildman–Crippen MR) is 79.4 cm³/mol. The van der Waals surface area contributed by atoms with E-state index in [-0.39, 0.29) is 5.82 Å². The Kier molecular flexibility index (Phi) is 3.74. The fourth-order valence-electron chi connectivity index (χ4n) is 3.19. The van der Waals surface area contributed by atoms with Gasteiger partial charge in [-0.05, 0) is 63.9 Å². The molecule has 1 unspecified atom stereocenters. The molecule has 1 aromatic carbocycles. The zero-order valence-corrected chi connectivity index (χ0v) is 12.2. The van der Waals surface area contributed by atoms with Gasteiger partial charge in [-0.2, -0.15) is 0 Å². The minimum absolute atomic E-state index is 0.190. The lowest BCUT2D eigenvalue weighted by atomic mass is 9.96. The molecular formula is C16H22FN3. The van der Waals surface area contributed by atoms with Crippen LogP contribution in [0.4, 0.5) is 4.39 Å². The second kappa shape index (κ2) is 5.52. The minimum Gasteiger partial charge on any atom is -0.325 e. The van der Waals surface area contributed by atoms with E-state index in [0.717, 1.165) is 36.4 Å². The van der Waals surface area contributed by atoms with Crippen molar-refractivity contribution >= 4 is 11.0 Å². The van der Waals surface area contributed by atoms with Gasteiger partial charge in [0.05, 0.1) is 11.0 Å². The van der Waals surface area contributed by atoms with E-state index in [2.05, 4.69) is 23.7 Å². The van der Waals surface area contributed by atoms with Crippen LogP contribution < -0.4 is 5.32 Å². The van der Waals surface area contributed by atoms with Gasteiger partial charge < -0.3 is 9.88 Å². The van der Waals surface area contributed by atoms with Crippen LogP contribution in [-0.4, -0.2) is 22.6 Å². The van der Waals surface area contributed by atoms with E-state index in [9.17, 15) is 4.39 Å². The third kappa shape index (κ3) is 2.57. The molecule has 2 heterocycles. The maximum absolute atomic E-state index is 13.5. The van der Waals surface area contributed by atoms with Crippen molar-refractivity contribution in [3.05, 3.63) is 29.8 Å². The molecule has 20 heavy (non-hydrogen) atoms. The van der Waals surface area contributed by atoms with Crippen molar-refractivity contribution in [1.82, 2.24) is 14.9 Å². The van der Waals surface area contributed by atoms with Gasteiger partial charge in [0, 0.05) is 12.5 Å². The van der Waals surface area contributed by atoms with Gasteiger partial charge in [0.2, 0.25) is 0 Å². The number of nitrogens with one attached hydrogen (secondary N) is 1. The first-order chi connectivity index (χ1) is 9.65. The molecule has 0 saturated carbocycles. The van der Waals surface area contributed by atoms with Crippen molar-refractivity contribution in [2.75, 3.05) is 13.1 Å². The maximum atomic E-state index is 13.5. The highest BCUT2D eigenvalue weighted by atomic mass is 19.1. The molecule has 0 spiro atoms. The van der Waals surface area contributed by atoms with Crippen LogP contribution in [0.3, 0.4) is 0 Å². The maximum Gasteiger partial charge on any atom is 0.125 e. The zero-order chi connectivity index (χ0) is 14.1. The van der Waals surface area contributed by atoms with Gasteiger partial charge in [-0.3, -0.25) is 0 Å². The number of fused-ring (bicyclic) bond motifs is 1. The lowest BCUT2D eigenvalue weighted by Gasteiger charge is -2.23. The fraction of sp³-hybridized carbons (Fsp3) is 0.562. The van der Waals surface area contributed by atoms with Crippen LogP contribution in [0.2, 0.25) is 0 Å². The molecule has 0 aliphatic carbocycles. The van der Waals surface area contributed by atoms with E-state index in [1.807, 2.05) is 0 Å². The standard InChI is InChI=1S/C16H22FN3/c1-11(2)20-15-9-13(17)5-6-14(15)19-16(20)8-12-4-3-7-18-10-12/h5-6,9,11-12,18H,3-4,7-8,10H2,1-2H3. The minimum atomic E-state index is -0.190. The summed E-state index contributed by atoms with van der Waals surface area (Å²) in [5.41, 5.74) is 1.82. The highest BCUT2D eigenvalue weighted by molar-refractivity contribution is 5.76. The summed E-state index contributed by atoms with van der Waals surface area (Å²) in [5, 5.41) is 3.45. The molecule has 1 aromatic heterocycles. The van der Waals surface area contributed by atoms with Crippen molar-refractivity contribution in [2.24, 2.45) is 5.92 Å². The van der Waals surface area contributed by atoms with E-state index < -0.39 is 0 Å². The highest BCUT2D eigenvalue weighted by Gasteiger charge is 2.19. The number of halogens is 1. The highest BCUT2D eigenvalue weighted by Crippen LogP contribution is 2.25. The summed E-state index contributed by atoms with van der Waals surface area (Å²) in [4.78, 5) is 4.74. The molecule has 1 saturated heterocycles. The average molecular weight is 275 g/mol. The quantitative estimate of drug-likeness (QED) is 0.931. The van der Waals surface area contributed by atoms with Gasteiger partial charge in [0.25, 0.3) is 0 Å². The Hall–Kier alpha value is -1.42. The Labute approximate surface area is 119 Å². The third-order valence-corrected chi connectivity index (χ3v) is 4.11. The molecule has 0 radical (unpaired) electrons. The molecule has 2 aromatic rings. The molecule has 3 nitrogen and oxygen atoms in total. The van der Waals surface area contributed by atoms with Crippen LogP contribution in [0.1, 0.15) is 38.6 Å².